The maximum absolute atomic E-state index is 11.8. The number of nitrogens with one attached hydrogen (secondary N) is 1. The normalized spacial score (nSPS) is 29.7. The number of hydrogen-bond donors (Lipinski definition) is 1. The number of carbonyl (C=O) groups excluding carboxylic acids is 1. The average molecular weight is 210 g/mol. The van der Waals surface area contributed by atoms with Crippen molar-refractivity contribution >= 4 is 5.78 Å². The molecule has 3 nitrogen and oxygen atoms in total. The van der Waals surface area contributed by atoms with Gasteiger partial charge in [0.15, 0.2) is 0 Å². The SMILES string of the molecule is CN(C1CCNCC1)C1CCCCC1=O. The molecule has 0 amide bonds. The summed E-state index contributed by atoms with van der Waals surface area (Å²) in [7, 11) is 2.14. The van der Waals surface area contributed by atoms with Crippen molar-refractivity contribution < 1.29 is 4.79 Å². The largest absolute Gasteiger partial charge is 0.317 e. The van der Waals surface area contributed by atoms with Crippen LogP contribution in [-0.2, 0) is 4.79 Å². The summed E-state index contributed by atoms with van der Waals surface area (Å²) < 4.78 is 0. The maximum atomic E-state index is 11.8. The van der Waals surface area contributed by atoms with Crippen LogP contribution in [0.25, 0.3) is 0 Å². The fourth-order valence-corrected chi connectivity index (χ4v) is 2.86. The van der Waals surface area contributed by atoms with E-state index in [4.69, 9.17) is 0 Å². The standard InChI is InChI=1S/C12H22N2O/c1-14(10-6-8-13-9-7-10)11-4-2-3-5-12(11)15/h10-11,13H,2-9H2,1H3. The minimum atomic E-state index is 0.224. The van der Waals surface area contributed by atoms with Crippen molar-refractivity contribution in [3.63, 3.8) is 0 Å². The summed E-state index contributed by atoms with van der Waals surface area (Å²) in [5.41, 5.74) is 0. The number of piperidine rings is 1. The summed E-state index contributed by atoms with van der Waals surface area (Å²) in [6.45, 7) is 2.21. The molecule has 3 heteroatoms. The average Bonchev–Trinajstić information content (AvgIpc) is 2.30. The molecule has 15 heavy (non-hydrogen) atoms. The Hall–Kier alpha value is -0.410. The molecule has 1 heterocycles. The minimum absolute atomic E-state index is 0.224. The van der Waals surface area contributed by atoms with Crippen LogP contribution in [0.4, 0.5) is 0 Å². The van der Waals surface area contributed by atoms with E-state index in [1.54, 1.807) is 0 Å². The van der Waals surface area contributed by atoms with Crippen LogP contribution in [0.2, 0.25) is 0 Å². The van der Waals surface area contributed by atoms with E-state index in [2.05, 4.69) is 17.3 Å². The fraction of sp³-hybridized carbons (Fsp3) is 0.917. The highest BCUT2D eigenvalue weighted by Gasteiger charge is 2.30. The Morgan fingerprint density at radius 3 is 2.60 bits per heavy atom. The summed E-state index contributed by atoms with van der Waals surface area (Å²) in [4.78, 5) is 14.2. The Morgan fingerprint density at radius 2 is 1.93 bits per heavy atom. The molecule has 2 rings (SSSR count). The van der Waals surface area contributed by atoms with Gasteiger partial charge >= 0.3 is 0 Å². The lowest BCUT2D eigenvalue weighted by molar-refractivity contribution is -0.126. The zero-order valence-electron chi connectivity index (χ0n) is 9.67. The number of rotatable bonds is 2. The second-order valence-corrected chi connectivity index (χ2v) is 4.87. The number of carbonyl (C=O) groups is 1. The molecule has 0 aromatic heterocycles. The Kier molecular flexibility index (Phi) is 3.76. The van der Waals surface area contributed by atoms with Crippen LogP contribution in [0, 0.1) is 0 Å². The quantitative estimate of drug-likeness (QED) is 0.743. The van der Waals surface area contributed by atoms with E-state index in [1.165, 1.54) is 19.3 Å². The first-order chi connectivity index (χ1) is 7.29. The molecule has 0 aromatic rings. The number of hydrogen-bond acceptors (Lipinski definition) is 3. The van der Waals surface area contributed by atoms with Crippen molar-refractivity contribution in [1.29, 1.82) is 0 Å². The fourth-order valence-electron chi connectivity index (χ4n) is 2.86. The van der Waals surface area contributed by atoms with Gasteiger partial charge in [-0.3, -0.25) is 9.69 Å². The van der Waals surface area contributed by atoms with E-state index in [-0.39, 0.29) is 6.04 Å². The summed E-state index contributed by atoms with van der Waals surface area (Å²) >= 11 is 0. The number of likely N-dealkylation sites (N-methyl/N-ethyl adjacent to an activating group) is 1. The third-order valence-electron chi connectivity index (χ3n) is 3.90. The lowest BCUT2D eigenvalue weighted by Gasteiger charge is -2.38. The molecule has 1 N–H and O–H groups in total. The second kappa shape index (κ2) is 5.08. The van der Waals surface area contributed by atoms with Crippen LogP contribution in [0.3, 0.4) is 0 Å². The molecule has 1 atom stereocenters. The van der Waals surface area contributed by atoms with E-state index >= 15 is 0 Å². The predicted octanol–water partition coefficient (Wildman–Crippen LogP) is 1.18. The van der Waals surface area contributed by atoms with Crippen LogP contribution in [0.1, 0.15) is 38.5 Å². The first kappa shape index (κ1) is 11.1. The first-order valence-electron chi connectivity index (χ1n) is 6.24. The summed E-state index contributed by atoms with van der Waals surface area (Å²) in [5, 5.41) is 3.37. The molecule has 0 bridgehead atoms. The van der Waals surface area contributed by atoms with Gasteiger partial charge in [-0.2, -0.15) is 0 Å². The van der Waals surface area contributed by atoms with Gasteiger partial charge in [0.25, 0.3) is 0 Å². The van der Waals surface area contributed by atoms with Gasteiger partial charge in [-0.05, 0) is 45.8 Å². The van der Waals surface area contributed by atoms with Gasteiger partial charge in [0.2, 0.25) is 0 Å². The van der Waals surface area contributed by atoms with Crippen LogP contribution in [0.15, 0.2) is 0 Å². The van der Waals surface area contributed by atoms with Gasteiger partial charge in [0.1, 0.15) is 5.78 Å². The highest BCUT2D eigenvalue weighted by molar-refractivity contribution is 5.84. The number of nitrogens with zero attached hydrogens (tertiary/aromatic N) is 1. The van der Waals surface area contributed by atoms with Crippen molar-refractivity contribution in [1.82, 2.24) is 10.2 Å². The Labute approximate surface area is 92.2 Å². The van der Waals surface area contributed by atoms with Gasteiger partial charge in [-0.15, -0.1) is 0 Å². The van der Waals surface area contributed by atoms with Gasteiger partial charge in [-0.25, -0.2) is 0 Å². The van der Waals surface area contributed by atoms with Gasteiger partial charge in [0, 0.05) is 12.5 Å². The predicted molar refractivity (Wildman–Crippen MR) is 60.9 cm³/mol. The molecule has 2 fully saturated rings. The summed E-state index contributed by atoms with van der Waals surface area (Å²) in [6.07, 6.45) is 6.61. The van der Waals surface area contributed by atoms with Crippen molar-refractivity contribution in [3.05, 3.63) is 0 Å². The molecule has 1 saturated heterocycles. The van der Waals surface area contributed by atoms with Crippen LogP contribution in [0.5, 0.6) is 0 Å². The van der Waals surface area contributed by atoms with Crippen LogP contribution >= 0.6 is 0 Å². The zero-order chi connectivity index (χ0) is 10.7. The molecular weight excluding hydrogens is 188 g/mol. The summed E-state index contributed by atoms with van der Waals surface area (Å²) in [5.74, 6) is 0.474. The van der Waals surface area contributed by atoms with E-state index in [1.807, 2.05) is 0 Å². The third-order valence-corrected chi connectivity index (χ3v) is 3.90. The minimum Gasteiger partial charge on any atom is -0.317 e. The molecule has 1 saturated carbocycles. The maximum Gasteiger partial charge on any atom is 0.149 e. The van der Waals surface area contributed by atoms with Crippen molar-refractivity contribution in [2.24, 2.45) is 0 Å². The highest BCUT2D eigenvalue weighted by atomic mass is 16.1. The molecular formula is C12H22N2O. The molecule has 1 aliphatic heterocycles. The van der Waals surface area contributed by atoms with Crippen LogP contribution < -0.4 is 5.32 Å². The van der Waals surface area contributed by atoms with Crippen molar-refractivity contribution in [2.45, 2.75) is 50.6 Å². The molecule has 1 aliphatic carbocycles. The Bertz CT molecular complexity index is 224. The van der Waals surface area contributed by atoms with E-state index < -0.39 is 0 Å². The molecule has 2 aliphatic rings. The van der Waals surface area contributed by atoms with Crippen molar-refractivity contribution in [2.75, 3.05) is 20.1 Å². The van der Waals surface area contributed by atoms with E-state index in [9.17, 15) is 4.79 Å². The number of Topliss-reactive ketones (excluding diaryl/α,β-unsaturated/α-hetero) is 1. The zero-order valence-corrected chi connectivity index (χ0v) is 9.67. The van der Waals surface area contributed by atoms with Gasteiger partial charge in [-0.1, -0.05) is 6.42 Å². The van der Waals surface area contributed by atoms with Gasteiger partial charge in [0.05, 0.1) is 6.04 Å². The van der Waals surface area contributed by atoms with Crippen molar-refractivity contribution in [3.8, 4) is 0 Å². The van der Waals surface area contributed by atoms with Crippen LogP contribution in [-0.4, -0.2) is 42.9 Å². The number of ketones is 1. The van der Waals surface area contributed by atoms with Gasteiger partial charge < -0.3 is 5.32 Å². The molecule has 1 unspecified atom stereocenters. The lowest BCUT2D eigenvalue weighted by Crippen LogP contribution is -2.49. The molecule has 0 aromatic carbocycles. The first-order valence-corrected chi connectivity index (χ1v) is 6.24. The topological polar surface area (TPSA) is 32.3 Å². The monoisotopic (exact) mass is 210 g/mol. The lowest BCUT2D eigenvalue weighted by atomic mass is 9.91. The highest BCUT2D eigenvalue weighted by Crippen LogP contribution is 2.22. The van der Waals surface area contributed by atoms with E-state index in [0.717, 1.165) is 32.4 Å². The molecule has 0 spiro atoms. The molecule has 86 valence electrons. The summed E-state index contributed by atoms with van der Waals surface area (Å²) in [6, 6.07) is 0.847. The Balaban J connectivity index is 1.92. The third kappa shape index (κ3) is 2.58. The second-order valence-electron chi connectivity index (χ2n) is 4.87. The smallest absolute Gasteiger partial charge is 0.149 e. The molecule has 0 radical (unpaired) electrons. The van der Waals surface area contributed by atoms with E-state index in [0.29, 0.717) is 11.8 Å². The Morgan fingerprint density at radius 1 is 1.20 bits per heavy atom.